The van der Waals surface area contributed by atoms with E-state index in [0.29, 0.717) is 0 Å². The van der Waals surface area contributed by atoms with Crippen LogP contribution in [0.1, 0.15) is 75.5 Å². The molecule has 5 rings (SSSR count). The van der Waals surface area contributed by atoms with Gasteiger partial charge in [0.15, 0.2) is 5.71 Å². The van der Waals surface area contributed by atoms with Crippen LogP contribution < -0.4 is 10.1 Å². The summed E-state index contributed by atoms with van der Waals surface area (Å²) in [4.78, 5) is 50.1. The number of aromatic hydroxyl groups is 1. The number of benzene rings is 1. The van der Waals surface area contributed by atoms with Crippen LogP contribution in [0.2, 0.25) is 0 Å². The molecule has 15 heteroatoms. The second-order valence-corrected chi connectivity index (χ2v) is 14.0. The Kier molecular flexibility index (Phi) is 13.1. The lowest BCUT2D eigenvalue weighted by molar-refractivity contribution is -0.160. The minimum atomic E-state index is -1.70. The van der Waals surface area contributed by atoms with Gasteiger partial charge in [0.2, 0.25) is 5.78 Å². The summed E-state index contributed by atoms with van der Waals surface area (Å²) in [5.41, 5.74) is 0.534. The van der Waals surface area contributed by atoms with Gasteiger partial charge in [-0.3, -0.25) is 14.4 Å². The lowest BCUT2D eigenvalue weighted by Crippen LogP contribution is -2.46. The van der Waals surface area contributed by atoms with Crippen molar-refractivity contribution in [1.29, 1.82) is 0 Å². The van der Waals surface area contributed by atoms with Gasteiger partial charge in [0.05, 0.1) is 41.4 Å². The van der Waals surface area contributed by atoms with Gasteiger partial charge in [-0.25, -0.2) is 0 Å². The zero-order valence-corrected chi connectivity index (χ0v) is 32.5. The van der Waals surface area contributed by atoms with Gasteiger partial charge in [-0.15, -0.1) is 0 Å². The van der Waals surface area contributed by atoms with Gasteiger partial charge in [0.25, 0.3) is 11.7 Å². The number of rotatable bonds is 4. The second-order valence-electron chi connectivity index (χ2n) is 14.0. The van der Waals surface area contributed by atoms with E-state index in [1.807, 2.05) is 0 Å². The van der Waals surface area contributed by atoms with Gasteiger partial charge in [0, 0.05) is 61.3 Å². The highest BCUT2D eigenvalue weighted by Crippen LogP contribution is 2.48. The summed E-state index contributed by atoms with van der Waals surface area (Å²) < 4.78 is 24.1. The maximum atomic E-state index is 14.1. The normalized spacial score (nSPS) is 34.2. The van der Waals surface area contributed by atoms with Crippen molar-refractivity contribution in [1.82, 2.24) is 5.32 Å². The van der Waals surface area contributed by atoms with E-state index in [1.54, 1.807) is 66.7 Å². The summed E-state index contributed by atoms with van der Waals surface area (Å²) in [6, 6.07) is 0. The number of ketones is 1. The quantitative estimate of drug-likeness (QED) is 0.255. The van der Waals surface area contributed by atoms with Gasteiger partial charge >= 0.3 is 5.97 Å². The molecule has 0 unspecified atom stereocenters. The third-order valence-electron chi connectivity index (χ3n) is 10.2. The van der Waals surface area contributed by atoms with Crippen LogP contribution in [0.15, 0.2) is 58.2 Å². The SMILES string of the molecule is CO/N=C1/C=C2NC(=O)/C(C)=C\C=C\[C@H](C)[C@H](O)[C@@H](C)[C@@H](O)[C@@H](C)[C@H](OC(C)=O)[C@H](C)[C@@H](OC)/C=C/O[C@@]3(C)Oc4c(C)c(O)c(c1c4/C3=N\OC)C2=O. The van der Waals surface area contributed by atoms with Crippen molar-refractivity contribution >= 4 is 29.1 Å². The summed E-state index contributed by atoms with van der Waals surface area (Å²) in [5, 5.41) is 45.2. The van der Waals surface area contributed by atoms with Crippen molar-refractivity contribution in [2.75, 3.05) is 21.3 Å². The summed E-state index contributed by atoms with van der Waals surface area (Å²) in [5.74, 6) is -6.20. The number of amides is 1. The molecule has 0 saturated heterocycles. The Labute approximate surface area is 314 Å². The summed E-state index contributed by atoms with van der Waals surface area (Å²) in [6.07, 6.45) is 5.32. The van der Waals surface area contributed by atoms with Crippen molar-refractivity contribution in [2.24, 2.45) is 34.0 Å². The maximum Gasteiger partial charge on any atom is 0.302 e. The molecule has 4 aliphatic rings. The maximum absolute atomic E-state index is 14.1. The van der Waals surface area contributed by atoms with Gasteiger partial charge in [0.1, 0.15) is 37.5 Å². The molecular formula is C39H51N3O12. The van der Waals surface area contributed by atoms with Crippen LogP contribution in [0.5, 0.6) is 11.5 Å². The minimum absolute atomic E-state index is 0.0650. The average Bonchev–Trinajstić information content (AvgIpc) is 3.42. The molecule has 0 spiro atoms. The Hall–Kier alpha value is -4.99. The molecule has 1 aliphatic carbocycles. The number of carbonyl (C=O) groups is 3. The third-order valence-corrected chi connectivity index (χ3v) is 10.2. The molecule has 9 atom stereocenters. The highest BCUT2D eigenvalue weighted by molar-refractivity contribution is 6.32. The van der Waals surface area contributed by atoms with E-state index in [2.05, 4.69) is 15.6 Å². The Morgan fingerprint density at radius 1 is 0.926 bits per heavy atom. The number of hydrogen-bond acceptors (Lipinski definition) is 14. The van der Waals surface area contributed by atoms with Crippen LogP contribution in [0.3, 0.4) is 0 Å². The second kappa shape index (κ2) is 17.0. The van der Waals surface area contributed by atoms with Crippen LogP contribution in [-0.4, -0.2) is 95.9 Å². The van der Waals surface area contributed by atoms with Crippen molar-refractivity contribution in [3.63, 3.8) is 0 Å². The van der Waals surface area contributed by atoms with Crippen LogP contribution in [0, 0.1) is 30.6 Å². The molecule has 0 aromatic heterocycles. The van der Waals surface area contributed by atoms with Gasteiger partial charge in [-0.2, -0.15) is 0 Å². The molecule has 15 nitrogen and oxygen atoms in total. The molecule has 0 fully saturated rings. The number of allylic oxidation sites excluding steroid dienone is 4. The largest absolute Gasteiger partial charge is 0.507 e. The van der Waals surface area contributed by atoms with E-state index in [-0.39, 0.29) is 50.7 Å². The number of aliphatic hydroxyl groups excluding tert-OH is 2. The molecule has 1 aromatic carbocycles. The molecule has 4 N–H and O–H groups in total. The van der Waals surface area contributed by atoms with Gasteiger partial charge in [-0.1, -0.05) is 56.2 Å². The van der Waals surface area contributed by atoms with E-state index >= 15 is 0 Å². The number of oxime groups is 2. The molecule has 1 aromatic rings. The average molecular weight is 754 g/mol. The topological polar surface area (TPSA) is 204 Å². The third kappa shape index (κ3) is 8.08. The number of ether oxygens (including phenoxy) is 4. The molecule has 54 heavy (non-hydrogen) atoms. The van der Waals surface area contributed by atoms with Gasteiger partial charge in [-0.05, 0) is 26.0 Å². The summed E-state index contributed by atoms with van der Waals surface area (Å²) in [7, 11) is 4.10. The monoisotopic (exact) mass is 753 g/mol. The number of fused-ring (bicyclic) bond motifs is 14. The zero-order chi connectivity index (χ0) is 40.2. The zero-order valence-electron chi connectivity index (χ0n) is 32.5. The lowest BCUT2D eigenvalue weighted by Gasteiger charge is -2.38. The fourth-order valence-electron chi connectivity index (χ4n) is 7.04. The number of methoxy groups -OCH3 is 1. The fourth-order valence-corrected chi connectivity index (χ4v) is 7.04. The Morgan fingerprint density at radius 3 is 2.20 bits per heavy atom. The predicted octanol–water partition coefficient (Wildman–Crippen LogP) is 3.97. The van der Waals surface area contributed by atoms with Crippen LogP contribution in [0.4, 0.5) is 0 Å². The van der Waals surface area contributed by atoms with E-state index in [4.69, 9.17) is 28.6 Å². The Balaban J connectivity index is 1.93. The molecule has 5 bridgehead atoms. The standard InChI is InChI=1S/C39H51N3O12/c1-18-13-12-14-19(2)38(48)40-26-17-25(41-50-10)28-29(34(26)47)33(46)23(6)36-30(28)37(42-51-11)39(8,54-36)52-16-15-27(49-9)20(3)35(53-24(7)43)22(5)32(45)21(4)31(18)44/h12-18,20-22,27,31-32,35,44-46H,1-11H3,(H,40,48)/b13-12+,16-15+,19-14-,41-25-,42-37+/t18-,20+,21+,22+,27-,31-,32+,35+,39-/m0/s1. The van der Waals surface area contributed by atoms with E-state index in [0.717, 1.165) is 0 Å². The number of phenols is 1. The highest BCUT2D eigenvalue weighted by atomic mass is 16.7. The first-order chi connectivity index (χ1) is 25.4. The van der Waals surface area contributed by atoms with E-state index in [9.17, 15) is 29.7 Å². The number of aliphatic hydroxyl groups is 2. The Morgan fingerprint density at radius 2 is 1.59 bits per heavy atom. The number of esters is 1. The van der Waals surface area contributed by atoms with Crippen molar-refractivity contribution in [2.45, 2.75) is 85.6 Å². The van der Waals surface area contributed by atoms with Crippen molar-refractivity contribution in [3.05, 3.63) is 70.2 Å². The summed E-state index contributed by atoms with van der Waals surface area (Å²) in [6.45, 7) is 12.9. The van der Waals surface area contributed by atoms with Crippen LogP contribution in [-0.2, 0) is 33.5 Å². The summed E-state index contributed by atoms with van der Waals surface area (Å²) >= 11 is 0. The first-order valence-electron chi connectivity index (χ1n) is 17.6. The molecule has 1 amide bonds. The first-order valence-corrected chi connectivity index (χ1v) is 17.6. The van der Waals surface area contributed by atoms with Crippen LogP contribution >= 0.6 is 0 Å². The number of phenolic OH excluding ortho intramolecular Hbond substituents is 1. The number of nitrogens with zero attached hydrogens (tertiary/aromatic N) is 2. The molecule has 0 saturated carbocycles. The predicted molar refractivity (Wildman–Crippen MR) is 198 cm³/mol. The number of Topliss-reactive ketones (excluding diaryl/α,β-unsaturated/α-hetero) is 1. The van der Waals surface area contributed by atoms with E-state index < -0.39 is 77.3 Å². The van der Waals surface area contributed by atoms with Crippen molar-refractivity contribution in [3.8, 4) is 11.5 Å². The highest BCUT2D eigenvalue weighted by Gasteiger charge is 2.50. The number of carbonyl (C=O) groups excluding carboxylic acids is 3. The van der Waals surface area contributed by atoms with Crippen molar-refractivity contribution < 1.29 is 58.3 Å². The first kappa shape index (κ1) is 41.8. The van der Waals surface area contributed by atoms with E-state index in [1.165, 1.54) is 46.7 Å². The van der Waals surface area contributed by atoms with Gasteiger partial charge < -0.3 is 49.3 Å². The number of hydrogen-bond donors (Lipinski definition) is 4. The molecule has 3 heterocycles. The lowest BCUT2D eigenvalue weighted by atomic mass is 9.78. The Bertz CT molecular complexity index is 1830. The molecular weight excluding hydrogens is 702 g/mol. The smallest absolute Gasteiger partial charge is 0.302 e. The number of nitrogens with one attached hydrogen (secondary N) is 1. The van der Waals surface area contributed by atoms with Crippen LogP contribution in [0.25, 0.3) is 0 Å². The minimum Gasteiger partial charge on any atom is -0.507 e. The fraction of sp³-hybridized carbons (Fsp3) is 0.513. The molecule has 0 radical (unpaired) electrons. The molecule has 294 valence electrons. The molecule has 3 aliphatic heterocycles.